The molecule has 2 aromatic rings. The molecule has 2 amide bonds. The third-order valence-electron chi connectivity index (χ3n) is 4.85. The summed E-state index contributed by atoms with van der Waals surface area (Å²) < 4.78 is 0. The highest BCUT2D eigenvalue weighted by Crippen LogP contribution is 2.48. The summed E-state index contributed by atoms with van der Waals surface area (Å²) in [6.45, 7) is 3.45. The van der Waals surface area contributed by atoms with Gasteiger partial charge in [-0.05, 0) is 61.6 Å². The van der Waals surface area contributed by atoms with Gasteiger partial charge in [0.05, 0.1) is 0 Å². The lowest BCUT2D eigenvalue weighted by Crippen LogP contribution is -2.38. The first kappa shape index (κ1) is 18.6. The average Bonchev–Trinajstić information content (AvgIpc) is 3.43. The first-order chi connectivity index (χ1) is 12.9. The first-order valence-electron chi connectivity index (χ1n) is 8.87. The van der Waals surface area contributed by atoms with Gasteiger partial charge in [-0.1, -0.05) is 24.3 Å². The van der Waals surface area contributed by atoms with Crippen LogP contribution in [0.15, 0.2) is 48.5 Å². The topological polar surface area (TPSA) is 95.5 Å². The molecule has 3 unspecified atom stereocenters. The molecule has 0 bridgehead atoms. The summed E-state index contributed by atoms with van der Waals surface area (Å²) >= 11 is 0. The minimum absolute atomic E-state index is 0.0278. The SMILES string of the molecule is Cc1ccccc1C1CC1C(=O)Nc1ccc(C(=O)NC(C)C(=O)O)cc1. The molecule has 6 nitrogen and oxygen atoms in total. The van der Waals surface area contributed by atoms with Crippen molar-refractivity contribution in [2.24, 2.45) is 5.92 Å². The molecule has 3 atom stereocenters. The van der Waals surface area contributed by atoms with E-state index < -0.39 is 17.9 Å². The number of rotatable bonds is 6. The molecule has 0 aliphatic heterocycles. The minimum atomic E-state index is -1.10. The molecule has 27 heavy (non-hydrogen) atoms. The largest absolute Gasteiger partial charge is 0.480 e. The predicted octanol–water partition coefficient (Wildman–Crippen LogP) is 2.94. The van der Waals surface area contributed by atoms with E-state index in [0.29, 0.717) is 11.3 Å². The minimum Gasteiger partial charge on any atom is -0.480 e. The summed E-state index contributed by atoms with van der Waals surface area (Å²) in [5.74, 6) is -1.37. The number of carbonyl (C=O) groups is 3. The van der Waals surface area contributed by atoms with Crippen LogP contribution >= 0.6 is 0 Å². The highest BCUT2D eigenvalue weighted by Gasteiger charge is 2.44. The van der Waals surface area contributed by atoms with Gasteiger partial charge in [-0.25, -0.2) is 0 Å². The van der Waals surface area contributed by atoms with Crippen LogP contribution < -0.4 is 10.6 Å². The predicted molar refractivity (Wildman–Crippen MR) is 102 cm³/mol. The monoisotopic (exact) mass is 366 g/mol. The van der Waals surface area contributed by atoms with Gasteiger partial charge in [0.1, 0.15) is 6.04 Å². The van der Waals surface area contributed by atoms with Gasteiger partial charge in [-0.3, -0.25) is 14.4 Å². The number of carboxylic acids is 1. The van der Waals surface area contributed by atoms with Crippen LogP contribution in [0.3, 0.4) is 0 Å². The Morgan fingerprint density at radius 3 is 2.37 bits per heavy atom. The summed E-state index contributed by atoms with van der Waals surface area (Å²) in [4.78, 5) is 35.2. The Morgan fingerprint density at radius 2 is 1.74 bits per heavy atom. The Balaban J connectivity index is 1.57. The number of amides is 2. The molecule has 3 rings (SSSR count). The van der Waals surface area contributed by atoms with E-state index in [1.54, 1.807) is 24.3 Å². The molecule has 3 N–H and O–H groups in total. The highest BCUT2D eigenvalue weighted by molar-refractivity contribution is 5.98. The zero-order valence-electron chi connectivity index (χ0n) is 15.2. The van der Waals surface area contributed by atoms with Crippen LogP contribution in [0.25, 0.3) is 0 Å². The van der Waals surface area contributed by atoms with Crippen LogP contribution in [0.5, 0.6) is 0 Å². The van der Waals surface area contributed by atoms with Gasteiger partial charge in [0.25, 0.3) is 5.91 Å². The Morgan fingerprint density at radius 1 is 1.07 bits per heavy atom. The molecule has 0 saturated heterocycles. The fourth-order valence-corrected chi connectivity index (χ4v) is 3.11. The zero-order valence-corrected chi connectivity index (χ0v) is 15.2. The van der Waals surface area contributed by atoms with E-state index >= 15 is 0 Å². The molecular weight excluding hydrogens is 344 g/mol. The third-order valence-corrected chi connectivity index (χ3v) is 4.85. The fraction of sp³-hybridized carbons (Fsp3) is 0.286. The summed E-state index contributed by atoms with van der Waals surface area (Å²) in [5, 5.41) is 14.1. The van der Waals surface area contributed by atoms with Crippen LogP contribution in [-0.4, -0.2) is 28.9 Å². The molecule has 0 spiro atoms. The van der Waals surface area contributed by atoms with Gasteiger partial charge in [-0.15, -0.1) is 0 Å². The summed E-state index contributed by atoms with van der Waals surface area (Å²) in [7, 11) is 0. The van der Waals surface area contributed by atoms with Gasteiger partial charge < -0.3 is 15.7 Å². The van der Waals surface area contributed by atoms with Crippen molar-refractivity contribution in [3.05, 3.63) is 65.2 Å². The number of aliphatic carboxylic acids is 1. The molecular formula is C21H22N2O4. The Hall–Kier alpha value is -3.15. The maximum absolute atomic E-state index is 12.5. The van der Waals surface area contributed by atoms with Gasteiger partial charge >= 0.3 is 5.97 Å². The molecule has 6 heteroatoms. The second kappa shape index (κ2) is 7.61. The second-order valence-corrected chi connectivity index (χ2v) is 6.91. The van der Waals surface area contributed by atoms with Crippen LogP contribution in [0.2, 0.25) is 0 Å². The van der Waals surface area contributed by atoms with Gasteiger partial charge in [0.15, 0.2) is 0 Å². The van der Waals surface area contributed by atoms with Gasteiger partial charge in [0.2, 0.25) is 5.91 Å². The molecule has 0 aromatic heterocycles. The maximum atomic E-state index is 12.5. The number of nitrogens with one attached hydrogen (secondary N) is 2. The van der Waals surface area contributed by atoms with Crippen molar-refractivity contribution in [1.82, 2.24) is 5.32 Å². The molecule has 1 aliphatic rings. The van der Waals surface area contributed by atoms with E-state index in [0.717, 1.165) is 6.42 Å². The summed E-state index contributed by atoms with van der Waals surface area (Å²) in [6, 6.07) is 13.5. The smallest absolute Gasteiger partial charge is 0.325 e. The average molecular weight is 366 g/mol. The number of anilines is 1. The van der Waals surface area contributed by atoms with E-state index in [2.05, 4.69) is 29.7 Å². The van der Waals surface area contributed by atoms with Crippen molar-refractivity contribution in [2.45, 2.75) is 32.2 Å². The van der Waals surface area contributed by atoms with Crippen molar-refractivity contribution < 1.29 is 19.5 Å². The number of carboxylic acid groups (broad SMARTS) is 1. The number of benzene rings is 2. The first-order valence-corrected chi connectivity index (χ1v) is 8.87. The van der Waals surface area contributed by atoms with Crippen molar-refractivity contribution in [3.63, 3.8) is 0 Å². The lowest BCUT2D eigenvalue weighted by atomic mass is 10.0. The Kier molecular flexibility index (Phi) is 5.26. The number of aryl methyl sites for hydroxylation is 1. The van der Waals surface area contributed by atoms with Crippen molar-refractivity contribution >= 4 is 23.5 Å². The molecule has 1 saturated carbocycles. The fourth-order valence-electron chi connectivity index (χ4n) is 3.11. The normalized spacial score (nSPS) is 19.0. The second-order valence-electron chi connectivity index (χ2n) is 6.91. The van der Waals surface area contributed by atoms with E-state index in [9.17, 15) is 14.4 Å². The number of hydrogen-bond acceptors (Lipinski definition) is 3. The quantitative estimate of drug-likeness (QED) is 0.732. The zero-order chi connectivity index (χ0) is 19.6. The van der Waals surface area contributed by atoms with Crippen LogP contribution in [-0.2, 0) is 9.59 Å². The number of carbonyl (C=O) groups excluding carboxylic acids is 2. The Labute approximate surface area is 157 Å². The van der Waals surface area contributed by atoms with Crippen molar-refractivity contribution in [3.8, 4) is 0 Å². The van der Waals surface area contributed by atoms with E-state index in [1.165, 1.54) is 18.1 Å². The van der Waals surface area contributed by atoms with Gasteiger partial charge in [-0.2, -0.15) is 0 Å². The standard InChI is InChI=1S/C21H22N2O4/c1-12-5-3-4-6-16(12)17-11-18(17)20(25)23-15-9-7-14(8-10-15)19(24)22-13(2)21(26)27/h3-10,13,17-18H,11H2,1-2H3,(H,22,24)(H,23,25)(H,26,27). The lowest BCUT2D eigenvalue weighted by Gasteiger charge is -2.10. The molecule has 0 heterocycles. The molecule has 0 radical (unpaired) electrons. The lowest BCUT2D eigenvalue weighted by molar-refractivity contribution is -0.138. The van der Waals surface area contributed by atoms with Crippen LogP contribution in [0, 0.1) is 12.8 Å². The molecule has 140 valence electrons. The summed E-state index contributed by atoms with van der Waals surface area (Å²) in [5.41, 5.74) is 3.37. The molecule has 1 fully saturated rings. The van der Waals surface area contributed by atoms with Crippen molar-refractivity contribution in [2.75, 3.05) is 5.32 Å². The van der Waals surface area contributed by atoms with Crippen LogP contribution in [0.4, 0.5) is 5.69 Å². The molecule has 1 aliphatic carbocycles. The summed E-state index contributed by atoms with van der Waals surface area (Å²) in [6.07, 6.45) is 0.838. The highest BCUT2D eigenvalue weighted by atomic mass is 16.4. The van der Waals surface area contributed by atoms with Gasteiger partial charge in [0, 0.05) is 17.2 Å². The maximum Gasteiger partial charge on any atom is 0.325 e. The van der Waals surface area contributed by atoms with Crippen molar-refractivity contribution in [1.29, 1.82) is 0 Å². The van der Waals surface area contributed by atoms with Crippen LogP contribution in [0.1, 0.15) is 40.7 Å². The number of hydrogen-bond donors (Lipinski definition) is 3. The van der Waals surface area contributed by atoms with E-state index in [4.69, 9.17) is 5.11 Å². The molecule has 2 aromatic carbocycles. The Bertz CT molecular complexity index is 876. The van der Waals surface area contributed by atoms with E-state index in [1.807, 2.05) is 12.1 Å². The van der Waals surface area contributed by atoms with E-state index in [-0.39, 0.29) is 17.7 Å². The third kappa shape index (κ3) is 4.34.